The van der Waals surface area contributed by atoms with Crippen LogP contribution in [-0.2, 0) is 4.74 Å². The van der Waals surface area contributed by atoms with E-state index in [1.54, 1.807) is 33.0 Å². The minimum Gasteiger partial charge on any atom is -0.443 e. The molecule has 0 atom stereocenters. The summed E-state index contributed by atoms with van der Waals surface area (Å²) in [5, 5.41) is 0.710. The maximum Gasteiger partial charge on any atom is 0.419 e. The lowest BCUT2D eigenvalue weighted by Gasteiger charge is -2.19. The first kappa shape index (κ1) is 13.3. The number of hydrogen-bond donors (Lipinski definition) is 0. The Balaban J connectivity index is 2.49. The van der Waals surface area contributed by atoms with Crippen molar-refractivity contribution in [3.63, 3.8) is 0 Å². The predicted octanol–water partition coefficient (Wildman–Crippen LogP) is 4.17. The summed E-state index contributed by atoms with van der Waals surface area (Å²) in [7, 11) is 0. The minimum atomic E-state index is -0.556. The van der Waals surface area contributed by atoms with Crippen LogP contribution in [0.25, 0.3) is 10.9 Å². The van der Waals surface area contributed by atoms with Crippen LogP contribution in [0, 0.1) is 9.39 Å². The van der Waals surface area contributed by atoms with Gasteiger partial charge < -0.3 is 4.74 Å². The summed E-state index contributed by atoms with van der Waals surface area (Å²) in [5.41, 5.74) is 0.0918. The Labute approximate surface area is 118 Å². The second-order valence-electron chi connectivity index (χ2n) is 4.99. The van der Waals surface area contributed by atoms with E-state index in [-0.39, 0.29) is 5.82 Å². The van der Waals surface area contributed by atoms with Crippen molar-refractivity contribution in [2.24, 2.45) is 0 Å². The Kier molecular flexibility index (Phi) is 3.35. The highest BCUT2D eigenvalue weighted by Crippen LogP contribution is 2.24. The SMILES string of the molecule is CC(C)(C)OC(=O)n1cc(I)c2cc(F)ccc21. The number of carbonyl (C=O) groups excluding carboxylic acids is 1. The summed E-state index contributed by atoms with van der Waals surface area (Å²) in [6.07, 6.45) is 1.20. The van der Waals surface area contributed by atoms with E-state index >= 15 is 0 Å². The molecule has 3 nitrogen and oxygen atoms in total. The molecule has 0 unspecified atom stereocenters. The van der Waals surface area contributed by atoms with E-state index in [0.29, 0.717) is 10.9 Å². The minimum absolute atomic E-state index is 0.317. The zero-order valence-electron chi connectivity index (χ0n) is 10.3. The standard InChI is InChI=1S/C13H13FINO2/c1-13(2,3)18-12(17)16-7-10(15)9-6-8(14)4-5-11(9)16/h4-7H,1-3H3. The van der Waals surface area contributed by atoms with Crippen molar-refractivity contribution in [3.8, 4) is 0 Å². The fourth-order valence-corrected chi connectivity index (χ4v) is 2.33. The second-order valence-corrected chi connectivity index (χ2v) is 6.15. The van der Waals surface area contributed by atoms with E-state index in [1.165, 1.54) is 16.7 Å². The number of nitrogens with zero attached hydrogens (tertiary/aromatic N) is 1. The van der Waals surface area contributed by atoms with Crippen LogP contribution in [0.15, 0.2) is 24.4 Å². The summed E-state index contributed by atoms with van der Waals surface area (Å²) in [4.78, 5) is 12.0. The predicted molar refractivity (Wildman–Crippen MR) is 76.2 cm³/mol. The van der Waals surface area contributed by atoms with Crippen LogP contribution in [0.4, 0.5) is 9.18 Å². The third kappa shape index (κ3) is 2.66. The molecule has 2 aromatic rings. The van der Waals surface area contributed by atoms with E-state index in [0.717, 1.165) is 3.57 Å². The van der Waals surface area contributed by atoms with Gasteiger partial charge in [0.1, 0.15) is 11.4 Å². The van der Waals surface area contributed by atoms with Crippen molar-refractivity contribution < 1.29 is 13.9 Å². The largest absolute Gasteiger partial charge is 0.443 e. The van der Waals surface area contributed by atoms with E-state index in [4.69, 9.17) is 4.74 Å². The number of halogens is 2. The second kappa shape index (κ2) is 4.53. The molecule has 2 rings (SSSR count). The summed E-state index contributed by atoms with van der Waals surface area (Å²) in [6, 6.07) is 4.33. The molecule has 0 fully saturated rings. The lowest BCUT2D eigenvalue weighted by molar-refractivity contribution is 0.0544. The van der Waals surface area contributed by atoms with Crippen LogP contribution in [0.1, 0.15) is 20.8 Å². The van der Waals surface area contributed by atoms with Gasteiger partial charge in [-0.1, -0.05) is 0 Å². The number of hydrogen-bond acceptors (Lipinski definition) is 2. The van der Waals surface area contributed by atoms with Crippen molar-refractivity contribution >= 4 is 39.6 Å². The fourth-order valence-electron chi connectivity index (χ4n) is 1.62. The van der Waals surface area contributed by atoms with Gasteiger partial charge in [-0.2, -0.15) is 0 Å². The molecule has 1 aromatic carbocycles. The first-order valence-electron chi connectivity index (χ1n) is 5.47. The molecule has 0 saturated heterocycles. The van der Waals surface area contributed by atoms with Gasteiger partial charge in [-0.15, -0.1) is 0 Å². The van der Waals surface area contributed by atoms with Crippen LogP contribution in [-0.4, -0.2) is 16.3 Å². The molecule has 0 N–H and O–H groups in total. The van der Waals surface area contributed by atoms with Crippen LogP contribution in [0.5, 0.6) is 0 Å². The van der Waals surface area contributed by atoms with Crippen molar-refractivity contribution in [3.05, 3.63) is 33.8 Å². The molecule has 1 aromatic heterocycles. The third-order valence-corrected chi connectivity index (χ3v) is 3.17. The highest BCUT2D eigenvalue weighted by molar-refractivity contribution is 14.1. The Morgan fingerprint density at radius 2 is 2.06 bits per heavy atom. The summed E-state index contributed by atoms with van der Waals surface area (Å²) < 4.78 is 20.7. The third-order valence-electron chi connectivity index (χ3n) is 2.31. The molecule has 5 heteroatoms. The van der Waals surface area contributed by atoms with Gasteiger partial charge in [-0.3, -0.25) is 4.57 Å². The van der Waals surface area contributed by atoms with Gasteiger partial charge >= 0.3 is 6.09 Å². The molecular weight excluding hydrogens is 348 g/mol. The van der Waals surface area contributed by atoms with Crippen molar-refractivity contribution in [1.82, 2.24) is 4.57 Å². The molecule has 0 aliphatic heterocycles. The number of ether oxygens (including phenoxy) is 1. The van der Waals surface area contributed by atoms with Crippen LogP contribution in [0.2, 0.25) is 0 Å². The lowest BCUT2D eigenvalue weighted by Crippen LogP contribution is -2.26. The topological polar surface area (TPSA) is 31.2 Å². The molecule has 0 bridgehead atoms. The summed E-state index contributed by atoms with van der Waals surface area (Å²) in [6.45, 7) is 5.42. The highest BCUT2D eigenvalue weighted by atomic mass is 127. The Bertz CT molecular complexity index is 613. The molecule has 0 radical (unpaired) electrons. The molecular formula is C13H13FINO2. The van der Waals surface area contributed by atoms with E-state index in [1.807, 2.05) is 0 Å². The molecule has 96 valence electrons. The smallest absolute Gasteiger partial charge is 0.419 e. The van der Waals surface area contributed by atoms with Gasteiger partial charge in [0.25, 0.3) is 0 Å². The Morgan fingerprint density at radius 1 is 1.39 bits per heavy atom. The molecule has 0 saturated carbocycles. The Hall–Kier alpha value is -1.11. The van der Waals surface area contributed by atoms with Crippen molar-refractivity contribution in [2.45, 2.75) is 26.4 Å². The number of fused-ring (bicyclic) bond motifs is 1. The molecule has 18 heavy (non-hydrogen) atoms. The molecule has 1 heterocycles. The maximum atomic E-state index is 13.2. The average Bonchev–Trinajstić information content (AvgIpc) is 2.54. The normalized spacial score (nSPS) is 11.8. The van der Waals surface area contributed by atoms with E-state index in [2.05, 4.69) is 22.6 Å². The van der Waals surface area contributed by atoms with Gasteiger partial charge in [-0.05, 0) is 61.6 Å². The van der Waals surface area contributed by atoms with Crippen molar-refractivity contribution in [2.75, 3.05) is 0 Å². The van der Waals surface area contributed by atoms with Gasteiger partial charge in [0, 0.05) is 15.2 Å². The van der Waals surface area contributed by atoms with Crippen LogP contribution >= 0.6 is 22.6 Å². The monoisotopic (exact) mass is 361 g/mol. The van der Waals surface area contributed by atoms with Crippen LogP contribution < -0.4 is 0 Å². The first-order valence-corrected chi connectivity index (χ1v) is 6.55. The molecule has 0 spiro atoms. The zero-order valence-corrected chi connectivity index (χ0v) is 12.5. The summed E-state index contributed by atoms with van der Waals surface area (Å²) in [5.74, 6) is -0.317. The van der Waals surface area contributed by atoms with E-state index < -0.39 is 11.7 Å². The Morgan fingerprint density at radius 3 is 2.67 bits per heavy atom. The summed E-state index contributed by atoms with van der Waals surface area (Å²) >= 11 is 2.07. The number of aromatic nitrogens is 1. The van der Waals surface area contributed by atoms with Gasteiger partial charge in [0.2, 0.25) is 0 Å². The maximum absolute atomic E-state index is 13.2. The highest BCUT2D eigenvalue weighted by Gasteiger charge is 2.20. The van der Waals surface area contributed by atoms with Crippen molar-refractivity contribution in [1.29, 1.82) is 0 Å². The molecule has 0 aliphatic carbocycles. The number of rotatable bonds is 0. The fraction of sp³-hybridized carbons (Fsp3) is 0.308. The van der Waals surface area contributed by atoms with Gasteiger partial charge in [0.15, 0.2) is 0 Å². The van der Waals surface area contributed by atoms with Crippen LogP contribution in [0.3, 0.4) is 0 Å². The molecule has 0 aliphatic rings. The first-order chi connectivity index (χ1) is 8.28. The van der Waals surface area contributed by atoms with Gasteiger partial charge in [0.05, 0.1) is 5.52 Å². The average molecular weight is 361 g/mol. The zero-order chi connectivity index (χ0) is 13.5. The number of benzene rings is 1. The number of carbonyl (C=O) groups is 1. The van der Waals surface area contributed by atoms with E-state index in [9.17, 15) is 9.18 Å². The lowest BCUT2D eigenvalue weighted by atomic mass is 10.2. The van der Waals surface area contributed by atoms with Gasteiger partial charge in [-0.25, -0.2) is 9.18 Å². The quantitative estimate of drug-likeness (QED) is 0.660. The molecule has 0 amide bonds.